The van der Waals surface area contributed by atoms with Crippen LogP contribution in [0.1, 0.15) is 51.9 Å². The van der Waals surface area contributed by atoms with Crippen molar-refractivity contribution in [2.75, 3.05) is 52.9 Å². The van der Waals surface area contributed by atoms with Gasteiger partial charge in [0, 0.05) is 26.2 Å². The molecule has 0 spiro atoms. The first-order valence-electron chi connectivity index (χ1n) is 8.86. The van der Waals surface area contributed by atoms with Crippen LogP contribution in [0.4, 0.5) is 0 Å². The van der Waals surface area contributed by atoms with Crippen molar-refractivity contribution < 1.29 is 0 Å². The van der Waals surface area contributed by atoms with Crippen LogP contribution < -0.4 is 5.32 Å². The predicted molar refractivity (Wildman–Crippen MR) is 87.2 cm³/mol. The lowest BCUT2D eigenvalue weighted by Gasteiger charge is -2.34. The van der Waals surface area contributed by atoms with E-state index in [0.29, 0.717) is 5.41 Å². The summed E-state index contributed by atoms with van der Waals surface area (Å²) in [7, 11) is 2.33. The Balaban J connectivity index is 1.71. The third-order valence-corrected chi connectivity index (χ3v) is 5.19. The Morgan fingerprint density at radius 1 is 1.10 bits per heavy atom. The van der Waals surface area contributed by atoms with Gasteiger partial charge in [-0.25, -0.2) is 0 Å². The van der Waals surface area contributed by atoms with Crippen LogP contribution in [0.25, 0.3) is 0 Å². The van der Waals surface area contributed by atoms with Gasteiger partial charge in [-0.2, -0.15) is 0 Å². The molecule has 0 amide bonds. The van der Waals surface area contributed by atoms with Crippen molar-refractivity contribution in [3.63, 3.8) is 0 Å². The number of hydrogen-bond acceptors (Lipinski definition) is 3. The fourth-order valence-corrected chi connectivity index (χ4v) is 4.02. The van der Waals surface area contributed by atoms with E-state index in [4.69, 9.17) is 0 Å². The Morgan fingerprint density at radius 3 is 2.45 bits per heavy atom. The van der Waals surface area contributed by atoms with Gasteiger partial charge in [0.2, 0.25) is 0 Å². The molecule has 0 aromatic carbocycles. The molecule has 1 heterocycles. The first-order valence-corrected chi connectivity index (χ1v) is 8.86. The second-order valence-corrected chi connectivity index (χ2v) is 7.17. The fourth-order valence-electron chi connectivity index (χ4n) is 4.02. The highest BCUT2D eigenvalue weighted by molar-refractivity contribution is 4.89. The van der Waals surface area contributed by atoms with Gasteiger partial charge in [-0.15, -0.1) is 0 Å². The summed E-state index contributed by atoms with van der Waals surface area (Å²) >= 11 is 0. The summed E-state index contributed by atoms with van der Waals surface area (Å²) in [5.74, 6) is 0. The summed E-state index contributed by atoms with van der Waals surface area (Å²) < 4.78 is 0. The molecule has 1 aliphatic heterocycles. The molecule has 1 saturated carbocycles. The van der Waals surface area contributed by atoms with E-state index in [1.807, 2.05) is 0 Å². The van der Waals surface area contributed by atoms with E-state index in [2.05, 4.69) is 29.1 Å². The van der Waals surface area contributed by atoms with Crippen LogP contribution in [0.3, 0.4) is 0 Å². The maximum absolute atomic E-state index is 3.68. The molecule has 1 N–H and O–H groups in total. The average Bonchev–Trinajstić information content (AvgIpc) is 3.09. The predicted octanol–water partition coefficient (Wildman–Crippen LogP) is 2.57. The van der Waals surface area contributed by atoms with Crippen molar-refractivity contribution in [2.24, 2.45) is 5.41 Å². The fraction of sp³-hybridized carbons (Fsp3) is 1.00. The quantitative estimate of drug-likeness (QED) is 0.655. The molecule has 0 radical (unpaired) electrons. The Bertz CT molecular complexity index is 255. The summed E-state index contributed by atoms with van der Waals surface area (Å²) in [4.78, 5) is 5.23. The standard InChI is InChI=1S/C17H35N3/c1-3-10-18-15-17(8-4-5-9-17)16-19(2)13-14-20-11-6-7-12-20/h18H,3-16H2,1-2H3. The molecule has 3 heteroatoms. The molecular weight excluding hydrogens is 246 g/mol. The zero-order valence-electron chi connectivity index (χ0n) is 13.8. The molecular formula is C17H35N3. The van der Waals surface area contributed by atoms with Crippen molar-refractivity contribution in [2.45, 2.75) is 51.9 Å². The number of likely N-dealkylation sites (N-methyl/N-ethyl adjacent to an activating group) is 1. The van der Waals surface area contributed by atoms with Gasteiger partial charge >= 0.3 is 0 Å². The van der Waals surface area contributed by atoms with Crippen LogP contribution in [-0.4, -0.2) is 62.7 Å². The summed E-state index contributed by atoms with van der Waals surface area (Å²) in [6.07, 6.45) is 9.81. The third kappa shape index (κ3) is 5.01. The van der Waals surface area contributed by atoms with Gasteiger partial charge < -0.3 is 15.1 Å². The van der Waals surface area contributed by atoms with E-state index in [1.165, 1.54) is 90.8 Å². The van der Waals surface area contributed by atoms with Crippen LogP contribution in [0.2, 0.25) is 0 Å². The van der Waals surface area contributed by atoms with Gasteiger partial charge in [0.05, 0.1) is 0 Å². The number of rotatable bonds is 9. The average molecular weight is 281 g/mol. The van der Waals surface area contributed by atoms with E-state index in [9.17, 15) is 0 Å². The van der Waals surface area contributed by atoms with Crippen LogP contribution in [0, 0.1) is 5.41 Å². The van der Waals surface area contributed by atoms with Gasteiger partial charge in [0.15, 0.2) is 0 Å². The minimum Gasteiger partial charge on any atom is -0.316 e. The molecule has 2 aliphatic rings. The molecule has 0 aromatic rings. The normalized spacial score (nSPS) is 22.9. The van der Waals surface area contributed by atoms with Crippen molar-refractivity contribution in [1.82, 2.24) is 15.1 Å². The first-order chi connectivity index (χ1) is 9.74. The van der Waals surface area contributed by atoms with E-state index in [0.717, 1.165) is 0 Å². The summed E-state index contributed by atoms with van der Waals surface area (Å²) in [6.45, 7) is 11.1. The van der Waals surface area contributed by atoms with Gasteiger partial charge in [-0.1, -0.05) is 19.8 Å². The van der Waals surface area contributed by atoms with Crippen LogP contribution in [0.5, 0.6) is 0 Å². The van der Waals surface area contributed by atoms with E-state index >= 15 is 0 Å². The molecule has 0 atom stereocenters. The topological polar surface area (TPSA) is 18.5 Å². The lowest BCUT2D eigenvalue weighted by molar-refractivity contribution is 0.159. The second-order valence-electron chi connectivity index (χ2n) is 7.17. The van der Waals surface area contributed by atoms with Crippen LogP contribution in [-0.2, 0) is 0 Å². The third-order valence-electron chi connectivity index (χ3n) is 5.19. The smallest absolute Gasteiger partial charge is 0.0109 e. The first kappa shape index (κ1) is 16.3. The Hall–Kier alpha value is -0.120. The second kappa shape index (κ2) is 8.35. The van der Waals surface area contributed by atoms with Gasteiger partial charge in [-0.3, -0.25) is 0 Å². The largest absolute Gasteiger partial charge is 0.316 e. The SMILES string of the molecule is CCCNCC1(CN(C)CCN2CCCC2)CCCC1. The Kier molecular flexibility index (Phi) is 6.79. The zero-order valence-corrected chi connectivity index (χ0v) is 13.8. The molecule has 3 nitrogen and oxygen atoms in total. The molecule has 20 heavy (non-hydrogen) atoms. The molecule has 0 aromatic heterocycles. The minimum absolute atomic E-state index is 0.564. The van der Waals surface area contributed by atoms with Gasteiger partial charge in [0.1, 0.15) is 0 Å². The highest BCUT2D eigenvalue weighted by atomic mass is 15.2. The highest BCUT2D eigenvalue weighted by Crippen LogP contribution is 2.38. The molecule has 2 fully saturated rings. The lowest BCUT2D eigenvalue weighted by Crippen LogP contribution is -2.43. The molecule has 1 saturated heterocycles. The monoisotopic (exact) mass is 281 g/mol. The molecule has 0 bridgehead atoms. The Morgan fingerprint density at radius 2 is 1.80 bits per heavy atom. The van der Waals surface area contributed by atoms with Crippen molar-refractivity contribution >= 4 is 0 Å². The maximum Gasteiger partial charge on any atom is 0.0109 e. The summed E-state index contributed by atoms with van der Waals surface area (Å²) in [6, 6.07) is 0. The molecule has 2 rings (SSSR count). The van der Waals surface area contributed by atoms with Gasteiger partial charge in [0.25, 0.3) is 0 Å². The molecule has 0 unspecified atom stereocenters. The highest BCUT2D eigenvalue weighted by Gasteiger charge is 2.34. The lowest BCUT2D eigenvalue weighted by atomic mass is 9.85. The summed E-state index contributed by atoms with van der Waals surface area (Å²) in [5.41, 5.74) is 0.564. The van der Waals surface area contributed by atoms with Crippen LogP contribution >= 0.6 is 0 Å². The van der Waals surface area contributed by atoms with Crippen molar-refractivity contribution in [3.05, 3.63) is 0 Å². The number of nitrogens with one attached hydrogen (secondary N) is 1. The number of likely N-dealkylation sites (tertiary alicyclic amines) is 1. The van der Waals surface area contributed by atoms with E-state index in [-0.39, 0.29) is 0 Å². The van der Waals surface area contributed by atoms with Crippen LogP contribution in [0.15, 0.2) is 0 Å². The number of hydrogen-bond donors (Lipinski definition) is 1. The zero-order chi connectivity index (χ0) is 14.3. The maximum atomic E-state index is 3.68. The minimum atomic E-state index is 0.564. The molecule has 118 valence electrons. The van der Waals surface area contributed by atoms with Crippen molar-refractivity contribution in [3.8, 4) is 0 Å². The Labute approximate surface area is 126 Å². The number of nitrogens with zero attached hydrogens (tertiary/aromatic N) is 2. The molecule has 1 aliphatic carbocycles. The van der Waals surface area contributed by atoms with Crippen molar-refractivity contribution in [1.29, 1.82) is 0 Å². The van der Waals surface area contributed by atoms with E-state index < -0.39 is 0 Å². The van der Waals surface area contributed by atoms with E-state index in [1.54, 1.807) is 0 Å². The summed E-state index contributed by atoms with van der Waals surface area (Å²) in [5, 5.41) is 3.68. The van der Waals surface area contributed by atoms with Gasteiger partial charge in [-0.05, 0) is 64.2 Å².